The molecule has 4 aromatic rings. The summed E-state index contributed by atoms with van der Waals surface area (Å²) in [7, 11) is 3.20. The lowest BCUT2D eigenvalue weighted by atomic mass is 9.72. The van der Waals surface area contributed by atoms with Gasteiger partial charge in [-0.15, -0.1) is 0 Å². The van der Waals surface area contributed by atoms with Crippen LogP contribution in [-0.4, -0.2) is 54.7 Å². The van der Waals surface area contributed by atoms with Crippen LogP contribution in [0.2, 0.25) is 0 Å². The largest absolute Gasteiger partial charge is 0.493 e. The summed E-state index contributed by atoms with van der Waals surface area (Å²) < 4.78 is 10.9. The molecule has 2 heterocycles. The maximum atomic E-state index is 8.77. The third-order valence-electron chi connectivity index (χ3n) is 8.10. The Bertz CT molecular complexity index is 1500. The summed E-state index contributed by atoms with van der Waals surface area (Å²) in [6.07, 6.45) is 2.76. The van der Waals surface area contributed by atoms with Crippen molar-refractivity contribution in [1.82, 2.24) is 20.2 Å². The monoisotopic (exact) mass is 553 g/mol. The number of aromatic nitrogens is 2. The molecule has 1 saturated heterocycles. The Balaban J connectivity index is 1.29. The zero-order valence-corrected chi connectivity index (χ0v) is 24.0. The van der Waals surface area contributed by atoms with Crippen molar-refractivity contribution >= 4 is 28.4 Å². The number of nitrogens with zero attached hydrogens (tertiary/aromatic N) is 3. The van der Waals surface area contributed by atoms with Crippen molar-refractivity contribution < 1.29 is 9.47 Å². The van der Waals surface area contributed by atoms with Crippen molar-refractivity contribution in [1.29, 1.82) is 5.41 Å². The van der Waals surface area contributed by atoms with E-state index >= 15 is 0 Å². The number of anilines is 2. The smallest absolute Gasteiger partial charge is 0.195 e. The summed E-state index contributed by atoms with van der Waals surface area (Å²) >= 11 is 0. The Labute approximate surface area is 241 Å². The number of hydrogen-bond acceptors (Lipinski definition) is 7. The number of ether oxygens (including phenoxy) is 2. The zero-order chi connectivity index (χ0) is 28.8. The molecule has 0 amide bonds. The van der Waals surface area contributed by atoms with Gasteiger partial charge >= 0.3 is 0 Å². The van der Waals surface area contributed by atoms with E-state index in [1.54, 1.807) is 14.2 Å². The topological polar surface area (TPSA) is 121 Å². The molecule has 1 aliphatic rings. The number of hydrogen-bond donors (Lipinski definition) is 4. The van der Waals surface area contributed by atoms with Gasteiger partial charge in [-0.3, -0.25) is 5.41 Å². The predicted octanol–water partition coefficient (Wildman–Crippen LogP) is 4.96. The molecule has 1 aromatic heterocycles. The van der Waals surface area contributed by atoms with E-state index in [2.05, 4.69) is 63.8 Å². The second kappa shape index (κ2) is 12.4. The molecule has 1 fully saturated rings. The molecule has 5 N–H and O–H groups in total. The standard InChI is InChI=1S/C32H39N7O2/c1-4-22-10-8-9-13-25(22)37-31(34)39-16-14-32(15-17-39,23-11-6-5-7-12-23)21-35-20-29-36-26-19-28(41-3)27(40-2)18-24(26)30(33)38-29/h5-13,18-19,35H,4,14-17,20-21H2,1-3H3,(H2,34,37)(H2,33,36,38). The van der Waals surface area contributed by atoms with Gasteiger partial charge in [-0.1, -0.05) is 55.5 Å². The van der Waals surface area contributed by atoms with Crippen LogP contribution in [0.4, 0.5) is 11.5 Å². The van der Waals surface area contributed by atoms with Gasteiger partial charge in [0.05, 0.1) is 26.3 Å². The van der Waals surface area contributed by atoms with Crippen LogP contribution in [0.15, 0.2) is 66.7 Å². The van der Waals surface area contributed by atoms with Crippen LogP contribution in [0.3, 0.4) is 0 Å². The Morgan fingerprint density at radius 1 is 0.976 bits per heavy atom. The molecular formula is C32H39N7O2. The number of rotatable bonds is 9. The van der Waals surface area contributed by atoms with E-state index in [9.17, 15) is 0 Å². The molecule has 41 heavy (non-hydrogen) atoms. The first-order valence-electron chi connectivity index (χ1n) is 14.1. The van der Waals surface area contributed by atoms with E-state index < -0.39 is 0 Å². The molecule has 0 saturated carbocycles. The Kier molecular flexibility index (Phi) is 8.54. The first-order valence-corrected chi connectivity index (χ1v) is 14.1. The number of likely N-dealkylation sites (tertiary alicyclic amines) is 1. The van der Waals surface area contributed by atoms with Gasteiger partial charge in [-0.2, -0.15) is 0 Å². The van der Waals surface area contributed by atoms with Gasteiger partial charge in [0, 0.05) is 42.2 Å². The number of benzene rings is 3. The van der Waals surface area contributed by atoms with Crippen molar-refractivity contribution in [2.75, 3.05) is 44.9 Å². The fourth-order valence-corrected chi connectivity index (χ4v) is 5.70. The van der Waals surface area contributed by atoms with Crippen molar-refractivity contribution in [2.45, 2.75) is 38.1 Å². The van der Waals surface area contributed by atoms with Crippen molar-refractivity contribution in [3.8, 4) is 11.5 Å². The van der Waals surface area contributed by atoms with Crippen LogP contribution in [0.1, 0.15) is 36.7 Å². The maximum Gasteiger partial charge on any atom is 0.195 e. The minimum Gasteiger partial charge on any atom is -0.493 e. The number of nitrogens with two attached hydrogens (primary N) is 1. The van der Waals surface area contributed by atoms with E-state index in [-0.39, 0.29) is 5.41 Å². The van der Waals surface area contributed by atoms with Gasteiger partial charge in [-0.05, 0) is 42.5 Å². The van der Waals surface area contributed by atoms with Gasteiger partial charge in [0.15, 0.2) is 17.5 Å². The van der Waals surface area contributed by atoms with Gasteiger partial charge in [0.2, 0.25) is 0 Å². The molecule has 9 nitrogen and oxygen atoms in total. The summed E-state index contributed by atoms with van der Waals surface area (Å²) in [4.78, 5) is 11.5. The van der Waals surface area contributed by atoms with E-state index in [0.29, 0.717) is 41.2 Å². The highest BCUT2D eigenvalue weighted by Crippen LogP contribution is 2.36. The molecule has 9 heteroatoms. The lowest BCUT2D eigenvalue weighted by molar-refractivity contribution is 0.217. The van der Waals surface area contributed by atoms with Gasteiger partial charge < -0.3 is 30.7 Å². The molecule has 0 bridgehead atoms. The van der Waals surface area contributed by atoms with Crippen LogP contribution in [-0.2, 0) is 18.4 Å². The Hall–Kier alpha value is -4.37. The zero-order valence-electron chi connectivity index (χ0n) is 24.0. The maximum absolute atomic E-state index is 8.77. The quantitative estimate of drug-likeness (QED) is 0.170. The SMILES string of the molecule is CCc1ccccc1NC(=N)N1CCC(CNCc2nc(N)c3cc(OC)c(OC)cc3n2)(c2ccccc2)CC1. The van der Waals surface area contributed by atoms with E-state index in [4.69, 9.17) is 25.6 Å². The van der Waals surface area contributed by atoms with E-state index in [0.717, 1.165) is 50.0 Å². The average molecular weight is 554 g/mol. The highest BCUT2D eigenvalue weighted by atomic mass is 16.5. The number of fused-ring (bicyclic) bond motifs is 1. The second-order valence-corrected chi connectivity index (χ2v) is 10.5. The number of guanidine groups is 1. The lowest BCUT2D eigenvalue weighted by Gasteiger charge is -2.43. The molecule has 0 aliphatic carbocycles. The molecular weight excluding hydrogens is 514 g/mol. The molecule has 0 unspecified atom stereocenters. The highest BCUT2D eigenvalue weighted by molar-refractivity contribution is 5.92. The fraction of sp³-hybridized carbons (Fsp3) is 0.344. The summed E-state index contributed by atoms with van der Waals surface area (Å²) in [6, 6.07) is 22.5. The summed E-state index contributed by atoms with van der Waals surface area (Å²) in [5, 5.41) is 16.5. The second-order valence-electron chi connectivity index (χ2n) is 10.5. The predicted molar refractivity (Wildman–Crippen MR) is 165 cm³/mol. The van der Waals surface area contributed by atoms with Crippen LogP contribution in [0.5, 0.6) is 11.5 Å². The first kappa shape index (κ1) is 28.2. The van der Waals surface area contributed by atoms with Crippen LogP contribution < -0.4 is 25.8 Å². The number of nitrogens with one attached hydrogen (secondary N) is 3. The van der Waals surface area contributed by atoms with Crippen molar-refractivity contribution in [3.63, 3.8) is 0 Å². The molecule has 3 aromatic carbocycles. The Morgan fingerprint density at radius 2 is 1.66 bits per heavy atom. The average Bonchev–Trinajstić information content (AvgIpc) is 3.01. The minimum absolute atomic E-state index is 0.0711. The van der Waals surface area contributed by atoms with Gasteiger partial charge in [-0.25, -0.2) is 9.97 Å². The number of piperidine rings is 1. The third-order valence-corrected chi connectivity index (χ3v) is 8.10. The summed E-state index contributed by atoms with van der Waals surface area (Å²) in [5.41, 5.74) is 10.5. The van der Waals surface area contributed by atoms with Crippen LogP contribution in [0.25, 0.3) is 10.9 Å². The third kappa shape index (κ3) is 6.05. The van der Waals surface area contributed by atoms with Crippen LogP contribution in [0, 0.1) is 5.41 Å². The van der Waals surface area contributed by atoms with Crippen molar-refractivity contribution in [3.05, 3.63) is 83.7 Å². The van der Waals surface area contributed by atoms with Gasteiger partial charge in [0.25, 0.3) is 0 Å². The Morgan fingerprint density at radius 3 is 2.37 bits per heavy atom. The molecule has 0 radical (unpaired) electrons. The summed E-state index contributed by atoms with van der Waals surface area (Å²) in [5.74, 6) is 2.69. The minimum atomic E-state index is -0.0711. The molecule has 0 atom stereocenters. The number of methoxy groups -OCH3 is 2. The molecule has 1 aliphatic heterocycles. The van der Waals surface area contributed by atoms with Gasteiger partial charge in [0.1, 0.15) is 11.6 Å². The number of para-hydroxylation sites is 1. The molecule has 0 spiro atoms. The van der Waals surface area contributed by atoms with E-state index in [1.807, 2.05) is 30.3 Å². The summed E-state index contributed by atoms with van der Waals surface area (Å²) in [6.45, 7) is 4.96. The number of nitrogen functional groups attached to an aromatic ring is 1. The van der Waals surface area contributed by atoms with Crippen molar-refractivity contribution in [2.24, 2.45) is 0 Å². The number of aryl methyl sites for hydroxylation is 1. The van der Waals surface area contributed by atoms with E-state index in [1.165, 1.54) is 11.1 Å². The van der Waals surface area contributed by atoms with Crippen LogP contribution >= 0.6 is 0 Å². The lowest BCUT2D eigenvalue weighted by Crippen LogP contribution is -2.50. The molecule has 214 valence electrons. The normalized spacial score (nSPS) is 14.6. The first-order chi connectivity index (χ1) is 20.0. The highest BCUT2D eigenvalue weighted by Gasteiger charge is 2.36. The molecule has 5 rings (SSSR count). The fourth-order valence-electron chi connectivity index (χ4n) is 5.70.